The summed E-state index contributed by atoms with van der Waals surface area (Å²) < 4.78 is 32.9. The number of methoxy groups -OCH3 is 6. The number of hydrogen-bond donors (Lipinski definition) is 0. The Morgan fingerprint density at radius 3 is 1.56 bits per heavy atom. The minimum absolute atomic E-state index is 0.263. The summed E-state index contributed by atoms with van der Waals surface area (Å²) in [6.45, 7) is 0. The van der Waals surface area contributed by atoms with Gasteiger partial charge in [0.25, 0.3) is 0 Å². The number of hydrogen-bond acceptors (Lipinski definition) is 7. The molecule has 2 rings (SSSR count). The van der Waals surface area contributed by atoms with Crippen molar-refractivity contribution in [1.29, 1.82) is 0 Å². The van der Waals surface area contributed by atoms with Crippen LogP contribution >= 0.6 is 0 Å². The first-order chi connectivity index (χ1) is 12.0. The normalized spacial score (nSPS) is 15.8. The molecule has 0 bridgehead atoms. The van der Waals surface area contributed by atoms with Gasteiger partial charge in [-0.25, -0.2) is 0 Å². The van der Waals surface area contributed by atoms with Gasteiger partial charge in [-0.1, -0.05) is 0 Å². The first-order valence-corrected chi connectivity index (χ1v) is 7.44. The molecule has 7 nitrogen and oxygen atoms in total. The van der Waals surface area contributed by atoms with Crippen LogP contribution in [0.1, 0.15) is 5.56 Å². The van der Waals surface area contributed by atoms with Crippen molar-refractivity contribution in [2.45, 2.75) is 5.60 Å². The second kappa shape index (κ2) is 7.48. The van der Waals surface area contributed by atoms with Gasteiger partial charge in [0, 0.05) is 30.9 Å². The predicted molar refractivity (Wildman–Crippen MR) is 90.0 cm³/mol. The quantitative estimate of drug-likeness (QED) is 0.746. The van der Waals surface area contributed by atoms with E-state index < -0.39 is 5.60 Å². The van der Waals surface area contributed by atoms with Gasteiger partial charge in [0.2, 0.25) is 5.60 Å². The van der Waals surface area contributed by atoms with E-state index in [0.29, 0.717) is 22.8 Å². The lowest BCUT2D eigenvalue weighted by Gasteiger charge is -2.37. The zero-order valence-corrected chi connectivity index (χ0v) is 15.2. The Kier molecular flexibility index (Phi) is 5.58. The molecule has 0 atom stereocenters. The second-order valence-electron chi connectivity index (χ2n) is 5.12. The lowest BCUT2D eigenvalue weighted by Crippen LogP contribution is -2.38. The lowest BCUT2D eigenvalue weighted by atomic mass is 9.84. The van der Waals surface area contributed by atoms with Crippen LogP contribution < -0.4 is 14.2 Å². The number of carbonyl (C=O) groups is 1. The van der Waals surface area contributed by atoms with Gasteiger partial charge in [0.1, 0.15) is 17.3 Å². The maximum atomic E-state index is 12.0. The van der Waals surface area contributed by atoms with Crippen LogP contribution in [0.3, 0.4) is 0 Å². The molecule has 0 radical (unpaired) electrons. The van der Waals surface area contributed by atoms with Gasteiger partial charge in [0.15, 0.2) is 17.3 Å². The highest BCUT2D eigenvalue weighted by molar-refractivity contribution is 6.01. The molecule has 0 aliphatic heterocycles. The molecule has 0 unspecified atom stereocenters. The van der Waals surface area contributed by atoms with Crippen LogP contribution in [0.4, 0.5) is 0 Å². The monoisotopic (exact) mass is 350 g/mol. The second-order valence-corrected chi connectivity index (χ2v) is 5.12. The molecule has 136 valence electrons. The Morgan fingerprint density at radius 1 is 0.680 bits per heavy atom. The van der Waals surface area contributed by atoms with Crippen molar-refractivity contribution >= 4 is 5.78 Å². The first-order valence-electron chi connectivity index (χ1n) is 7.44. The highest BCUT2D eigenvalue weighted by Gasteiger charge is 2.48. The van der Waals surface area contributed by atoms with E-state index in [-0.39, 0.29) is 17.3 Å². The Hall–Kier alpha value is -2.67. The zero-order valence-electron chi connectivity index (χ0n) is 15.2. The fourth-order valence-corrected chi connectivity index (χ4v) is 2.91. The van der Waals surface area contributed by atoms with Crippen LogP contribution in [0.2, 0.25) is 0 Å². The van der Waals surface area contributed by atoms with E-state index in [1.807, 2.05) is 0 Å². The first kappa shape index (κ1) is 18.7. The van der Waals surface area contributed by atoms with Crippen LogP contribution in [0.25, 0.3) is 0 Å². The summed E-state index contributed by atoms with van der Waals surface area (Å²) in [4.78, 5) is 12.0. The molecule has 0 saturated heterocycles. The van der Waals surface area contributed by atoms with Gasteiger partial charge in [-0.2, -0.15) is 0 Å². The molecule has 0 fully saturated rings. The van der Waals surface area contributed by atoms with Gasteiger partial charge < -0.3 is 28.4 Å². The SMILES string of the molecule is COC1=CC(=O)C=C(OC)C1(OC)c1cc(OC)c(OC)cc1OC. The smallest absolute Gasteiger partial charge is 0.210 e. The number of carbonyl (C=O) groups excluding carboxylic acids is 1. The summed E-state index contributed by atoms with van der Waals surface area (Å²) in [6.07, 6.45) is 2.70. The predicted octanol–water partition coefficient (Wildman–Crippen LogP) is 2.20. The highest BCUT2D eigenvalue weighted by atomic mass is 16.6. The Morgan fingerprint density at radius 2 is 1.16 bits per heavy atom. The minimum Gasteiger partial charge on any atom is -0.497 e. The van der Waals surface area contributed by atoms with E-state index in [1.54, 1.807) is 12.1 Å². The summed E-state index contributed by atoms with van der Waals surface area (Å²) in [5.41, 5.74) is -0.758. The number of ether oxygens (including phenoxy) is 6. The zero-order chi connectivity index (χ0) is 18.6. The van der Waals surface area contributed by atoms with Crippen LogP contribution in [0.15, 0.2) is 35.8 Å². The van der Waals surface area contributed by atoms with E-state index in [9.17, 15) is 4.79 Å². The maximum Gasteiger partial charge on any atom is 0.210 e. The van der Waals surface area contributed by atoms with Gasteiger partial charge in [-0.3, -0.25) is 4.79 Å². The summed E-state index contributed by atoms with van der Waals surface area (Å²) in [5, 5.41) is 0. The van der Waals surface area contributed by atoms with Gasteiger partial charge in [0.05, 0.1) is 35.5 Å². The van der Waals surface area contributed by atoms with Gasteiger partial charge in [-0.15, -0.1) is 0 Å². The number of ketones is 1. The summed E-state index contributed by atoms with van der Waals surface area (Å²) in [5.74, 6) is 1.69. The molecule has 1 aromatic carbocycles. The number of benzene rings is 1. The van der Waals surface area contributed by atoms with E-state index in [4.69, 9.17) is 28.4 Å². The largest absolute Gasteiger partial charge is 0.497 e. The molecule has 7 heteroatoms. The van der Waals surface area contributed by atoms with Crippen LogP contribution in [-0.2, 0) is 24.6 Å². The summed E-state index contributed by atoms with van der Waals surface area (Å²) in [6, 6.07) is 3.38. The molecule has 1 aromatic rings. The Balaban J connectivity index is 2.84. The highest BCUT2D eigenvalue weighted by Crippen LogP contribution is 2.49. The molecule has 0 aromatic heterocycles. The molecule has 0 N–H and O–H groups in total. The molecule has 1 aliphatic rings. The molecular formula is C18H22O7. The number of rotatable bonds is 7. The summed E-state index contributed by atoms with van der Waals surface area (Å²) >= 11 is 0. The fourth-order valence-electron chi connectivity index (χ4n) is 2.91. The van der Waals surface area contributed by atoms with Gasteiger partial charge >= 0.3 is 0 Å². The van der Waals surface area contributed by atoms with E-state index in [1.165, 1.54) is 54.8 Å². The third-order valence-electron chi connectivity index (χ3n) is 4.07. The molecule has 25 heavy (non-hydrogen) atoms. The van der Waals surface area contributed by atoms with E-state index >= 15 is 0 Å². The van der Waals surface area contributed by atoms with Crippen LogP contribution in [-0.4, -0.2) is 48.4 Å². The van der Waals surface area contributed by atoms with Crippen molar-refractivity contribution in [3.05, 3.63) is 41.4 Å². The lowest BCUT2D eigenvalue weighted by molar-refractivity contribution is -0.112. The standard InChI is InChI=1S/C18H22O7/c1-20-13-10-15(22-3)14(21-2)9-12(13)18(25-6)16(23-4)7-11(19)8-17(18)24-5/h7-10H,1-6H3. The third-order valence-corrected chi connectivity index (χ3v) is 4.07. The van der Waals surface area contributed by atoms with Crippen molar-refractivity contribution < 1.29 is 33.2 Å². The molecule has 0 heterocycles. The maximum absolute atomic E-state index is 12.0. The molecular weight excluding hydrogens is 328 g/mol. The minimum atomic E-state index is -1.30. The topological polar surface area (TPSA) is 72.5 Å². The molecule has 0 spiro atoms. The van der Waals surface area contributed by atoms with Gasteiger partial charge in [-0.05, 0) is 6.07 Å². The average Bonchev–Trinajstić information content (AvgIpc) is 2.65. The van der Waals surface area contributed by atoms with E-state index in [2.05, 4.69) is 0 Å². The molecule has 0 saturated carbocycles. The van der Waals surface area contributed by atoms with Crippen LogP contribution in [0, 0.1) is 0 Å². The Labute approximate surface area is 146 Å². The van der Waals surface area contributed by atoms with Crippen molar-refractivity contribution in [3.8, 4) is 17.2 Å². The number of allylic oxidation sites excluding steroid dienone is 2. The summed E-state index contributed by atoms with van der Waals surface area (Å²) in [7, 11) is 8.99. The Bertz CT molecular complexity index is 694. The van der Waals surface area contributed by atoms with Crippen molar-refractivity contribution in [3.63, 3.8) is 0 Å². The van der Waals surface area contributed by atoms with Crippen molar-refractivity contribution in [1.82, 2.24) is 0 Å². The van der Waals surface area contributed by atoms with Crippen molar-refractivity contribution in [2.24, 2.45) is 0 Å². The third kappa shape index (κ3) is 2.91. The van der Waals surface area contributed by atoms with Crippen molar-refractivity contribution in [2.75, 3.05) is 42.7 Å². The fraction of sp³-hybridized carbons (Fsp3) is 0.389. The molecule has 0 amide bonds. The van der Waals surface area contributed by atoms with E-state index in [0.717, 1.165) is 0 Å². The average molecular weight is 350 g/mol. The van der Waals surface area contributed by atoms with Crippen LogP contribution in [0.5, 0.6) is 17.2 Å². The molecule has 1 aliphatic carbocycles.